The Balaban J connectivity index is 2.06. The van der Waals surface area contributed by atoms with Gasteiger partial charge in [-0.05, 0) is 29.6 Å². The van der Waals surface area contributed by atoms with Gasteiger partial charge in [-0.15, -0.1) is 0 Å². The van der Waals surface area contributed by atoms with Crippen molar-refractivity contribution in [3.05, 3.63) is 60.7 Å². The zero-order valence-electron chi connectivity index (χ0n) is 20.9. The fourth-order valence-corrected chi connectivity index (χ4v) is 7.81. The Labute approximate surface area is 199 Å². The standard InChI is InChI=1S/C29H46O2Si/c1-4-7-8-9-10-11-12-13-20-26-30-32(28-22-16-14-17-23-28,29-24-18-15-19-25-29)31-27(6-3)21-5-2/h14-19,22-25,27H,4-13,20-21,26H2,1-3H3. The molecule has 1 atom stereocenters. The molecule has 178 valence electrons. The van der Waals surface area contributed by atoms with Gasteiger partial charge in [0.05, 0.1) is 0 Å². The summed E-state index contributed by atoms with van der Waals surface area (Å²) < 4.78 is 13.9. The molecular weight excluding hydrogens is 408 g/mol. The lowest BCUT2D eigenvalue weighted by Crippen LogP contribution is -2.64. The molecule has 0 N–H and O–H groups in total. The molecule has 0 aliphatic heterocycles. The third-order valence-electron chi connectivity index (χ3n) is 6.26. The fraction of sp³-hybridized carbons (Fsp3) is 0.586. The molecule has 0 aliphatic carbocycles. The van der Waals surface area contributed by atoms with Gasteiger partial charge in [0, 0.05) is 12.7 Å². The predicted molar refractivity (Wildman–Crippen MR) is 141 cm³/mol. The smallest absolute Gasteiger partial charge is 0.388 e. The Kier molecular flexibility index (Phi) is 13.6. The molecule has 0 heterocycles. The maximum atomic E-state index is 7.00. The monoisotopic (exact) mass is 454 g/mol. The van der Waals surface area contributed by atoms with Crippen molar-refractivity contribution in [3.63, 3.8) is 0 Å². The maximum absolute atomic E-state index is 7.00. The second-order valence-corrected chi connectivity index (χ2v) is 11.9. The molecule has 0 fully saturated rings. The minimum Gasteiger partial charge on any atom is -0.388 e. The van der Waals surface area contributed by atoms with Crippen molar-refractivity contribution in [2.75, 3.05) is 6.61 Å². The first kappa shape index (κ1) is 26.8. The quantitative estimate of drug-likeness (QED) is 0.173. The maximum Gasteiger partial charge on any atom is 0.407 e. The molecule has 0 radical (unpaired) electrons. The van der Waals surface area contributed by atoms with Crippen LogP contribution in [0.4, 0.5) is 0 Å². The van der Waals surface area contributed by atoms with Crippen molar-refractivity contribution in [2.24, 2.45) is 0 Å². The highest BCUT2D eigenvalue weighted by Gasteiger charge is 2.44. The Morgan fingerprint density at radius 2 is 1.12 bits per heavy atom. The minimum absolute atomic E-state index is 0.232. The van der Waals surface area contributed by atoms with Crippen LogP contribution >= 0.6 is 0 Å². The van der Waals surface area contributed by atoms with E-state index in [1.54, 1.807) is 0 Å². The van der Waals surface area contributed by atoms with E-state index in [1.165, 1.54) is 61.7 Å². The molecule has 0 aliphatic rings. The number of unbranched alkanes of at least 4 members (excludes halogenated alkanes) is 8. The van der Waals surface area contributed by atoms with Crippen LogP contribution in [-0.4, -0.2) is 21.3 Å². The second kappa shape index (κ2) is 16.2. The van der Waals surface area contributed by atoms with Crippen LogP contribution in [-0.2, 0) is 8.85 Å². The van der Waals surface area contributed by atoms with Crippen LogP contribution in [0.5, 0.6) is 0 Å². The van der Waals surface area contributed by atoms with Crippen molar-refractivity contribution in [3.8, 4) is 0 Å². The molecule has 2 rings (SSSR count). The van der Waals surface area contributed by atoms with E-state index in [-0.39, 0.29) is 6.10 Å². The van der Waals surface area contributed by atoms with Crippen molar-refractivity contribution in [2.45, 2.75) is 104 Å². The van der Waals surface area contributed by atoms with E-state index in [4.69, 9.17) is 8.85 Å². The molecule has 32 heavy (non-hydrogen) atoms. The Hall–Kier alpha value is -1.42. The minimum atomic E-state index is -2.76. The van der Waals surface area contributed by atoms with Gasteiger partial charge in [-0.25, -0.2) is 0 Å². The molecule has 2 aromatic carbocycles. The highest BCUT2D eigenvalue weighted by atomic mass is 28.4. The summed E-state index contributed by atoms with van der Waals surface area (Å²) in [7, 11) is -2.76. The van der Waals surface area contributed by atoms with E-state index in [0.29, 0.717) is 0 Å². The van der Waals surface area contributed by atoms with Crippen LogP contribution in [0.1, 0.15) is 97.8 Å². The number of benzene rings is 2. The molecule has 1 unspecified atom stereocenters. The zero-order valence-corrected chi connectivity index (χ0v) is 21.9. The van der Waals surface area contributed by atoms with Crippen molar-refractivity contribution >= 4 is 18.9 Å². The van der Waals surface area contributed by atoms with E-state index >= 15 is 0 Å². The van der Waals surface area contributed by atoms with Crippen LogP contribution in [0.3, 0.4) is 0 Å². The first-order valence-electron chi connectivity index (χ1n) is 13.2. The molecule has 0 aromatic heterocycles. The zero-order chi connectivity index (χ0) is 22.9. The van der Waals surface area contributed by atoms with Gasteiger partial charge in [0.25, 0.3) is 0 Å². The molecule has 0 spiro atoms. The average molecular weight is 455 g/mol. The number of rotatable bonds is 18. The van der Waals surface area contributed by atoms with Gasteiger partial charge in [0.15, 0.2) is 0 Å². The molecular formula is C29H46O2Si. The lowest BCUT2D eigenvalue weighted by molar-refractivity contribution is 0.119. The summed E-state index contributed by atoms with van der Waals surface area (Å²) in [6.45, 7) is 7.52. The predicted octanol–water partition coefficient (Wildman–Crippen LogP) is 7.39. The van der Waals surface area contributed by atoms with E-state index < -0.39 is 8.56 Å². The normalized spacial score (nSPS) is 12.7. The lowest BCUT2D eigenvalue weighted by Gasteiger charge is -2.35. The van der Waals surface area contributed by atoms with Gasteiger partial charge in [0.2, 0.25) is 0 Å². The van der Waals surface area contributed by atoms with Crippen LogP contribution in [0.25, 0.3) is 0 Å². The summed E-state index contributed by atoms with van der Waals surface area (Å²) in [6.07, 6.45) is 15.4. The topological polar surface area (TPSA) is 18.5 Å². The summed E-state index contributed by atoms with van der Waals surface area (Å²) >= 11 is 0. The summed E-state index contributed by atoms with van der Waals surface area (Å²) in [5, 5.41) is 2.44. The lowest BCUT2D eigenvalue weighted by atomic mass is 10.1. The van der Waals surface area contributed by atoms with Gasteiger partial charge < -0.3 is 8.85 Å². The third kappa shape index (κ3) is 8.84. The van der Waals surface area contributed by atoms with Crippen LogP contribution in [0, 0.1) is 0 Å². The van der Waals surface area contributed by atoms with Crippen molar-refractivity contribution in [1.82, 2.24) is 0 Å². The second-order valence-electron chi connectivity index (χ2n) is 8.96. The molecule has 0 bridgehead atoms. The highest BCUT2D eigenvalue weighted by molar-refractivity contribution is 6.92. The van der Waals surface area contributed by atoms with Gasteiger partial charge >= 0.3 is 8.56 Å². The summed E-state index contributed by atoms with van der Waals surface area (Å²) in [4.78, 5) is 0. The Morgan fingerprint density at radius 1 is 0.625 bits per heavy atom. The van der Waals surface area contributed by atoms with Crippen molar-refractivity contribution < 1.29 is 8.85 Å². The molecule has 0 saturated carbocycles. The fourth-order valence-electron chi connectivity index (χ4n) is 4.35. The molecule has 0 amide bonds. The van der Waals surface area contributed by atoms with Gasteiger partial charge in [-0.3, -0.25) is 0 Å². The Morgan fingerprint density at radius 3 is 1.59 bits per heavy atom. The number of hydrogen-bond acceptors (Lipinski definition) is 2. The van der Waals surface area contributed by atoms with E-state index in [2.05, 4.69) is 81.4 Å². The van der Waals surface area contributed by atoms with E-state index in [1.807, 2.05) is 0 Å². The Bertz CT molecular complexity index is 649. The van der Waals surface area contributed by atoms with Gasteiger partial charge in [0.1, 0.15) is 0 Å². The molecule has 0 saturated heterocycles. The van der Waals surface area contributed by atoms with E-state index in [0.717, 1.165) is 32.3 Å². The SMILES string of the molecule is CCCCCCCCCCCO[Si](OC(CC)CCC)(c1ccccc1)c1ccccc1. The average Bonchev–Trinajstić information content (AvgIpc) is 2.85. The van der Waals surface area contributed by atoms with Gasteiger partial charge in [-0.1, -0.05) is 139 Å². The molecule has 3 heteroatoms. The summed E-state index contributed by atoms with van der Waals surface area (Å²) in [6, 6.07) is 21.4. The third-order valence-corrected chi connectivity index (χ3v) is 9.72. The highest BCUT2D eigenvalue weighted by Crippen LogP contribution is 2.19. The van der Waals surface area contributed by atoms with E-state index in [9.17, 15) is 0 Å². The van der Waals surface area contributed by atoms with Crippen molar-refractivity contribution in [1.29, 1.82) is 0 Å². The molecule has 2 nitrogen and oxygen atoms in total. The number of hydrogen-bond donors (Lipinski definition) is 0. The first-order valence-corrected chi connectivity index (χ1v) is 15.0. The van der Waals surface area contributed by atoms with Crippen LogP contribution in [0.15, 0.2) is 60.7 Å². The largest absolute Gasteiger partial charge is 0.407 e. The van der Waals surface area contributed by atoms with Crippen LogP contribution < -0.4 is 10.4 Å². The molecule has 2 aromatic rings. The van der Waals surface area contributed by atoms with Gasteiger partial charge in [-0.2, -0.15) is 0 Å². The first-order chi connectivity index (χ1) is 15.8. The summed E-state index contributed by atoms with van der Waals surface area (Å²) in [5.74, 6) is 0. The van der Waals surface area contributed by atoms with Crippen LogP contribution in [0.2, 0.25) is 0 Å². The summed E-state index contributed by atoms with van der Waals surface area (Å²) in [5.41, 5.74) is 0.